The van der Waals surface area contributed by atoms with Gasteiger partial charge in [-0.25, -0.2) is 0 Å². The summed E-state index contributed by atoms with van der Waals surface area (Å²) in [7, 11) is 1.86. The van der Waals surface area contributed by atoms with Gasteiger partial charge in [-0.05, 0) is 18.2 Å². The molecular formula is C11H11BrN4S. The largest absolute Gasteiger partial charge is 0.389 e. The molecular weight excluding hydrogens is 300 g/mol. The lowest BCUT2D eigenvalue weighted by Crippen LogP contribution is -2.12. The van der Waals surface area contributed by atoms with Gasteiger partial charge in [0.25, 0.3) is 0 Å². The van der Waals surface area contributed by atoms with Crippen LogP contribution < -0.4 is 11.1 Å². The van der Waals surface area contributed by atoms with Crippen molar-refractivity contribution in [3.05, 3.63) is 40.5 Å². The summed E-state index contributed by atoms with van der Waals surface area (Å²) < 4.78 is 2.70. The highest BCUT2D eigenvalue weighted by Crippen LogP contribution is 2.24. The maximum absolute atomic E-state index is 5.69. The van der Waals surface area contributed by atoms with Crippen LogP contribution in [-0.2, 0) is 7.05 Å². The second kappa shape index (κ2) is 4.85. The molecule has 88 valence electrons. The highest BCUT2D eigenvalue weighted by atomic mass is 79.9. The van der Waals surface area contributed by atoms with E-state index in [1.54, 1.807) is 10.9 Å². The average Bonchev–Trinajstić information content (AvgIpc) is 2.64. The fourth-order valence-corrected chi connectivity index (χ4v) is 2.01. The minimum atomic E-state index is 0.363. The predicted molar refractivity (Wildman–Crippen MR) is 76.5 cm³/mol. The van der Waals surface area contributed by atoms with Crippen LogP contribution in [0.15, 0.2) is 34.9 Å². The Hall–Kier alpha value is -1.40. The first-order chi connectivity index (χ1) is 8.08. The van der Waals surface area contributed by atoms with E-state index in [-0.39, 0.29) is 0 Å². The standard InChI is InChI=1S/C11H11BrN4S/c1-16-10(4-5-14-16)15-9-6-7(12)2-3-8(9)11(13)17/h2-6,15H,1H3,(H2,13,17). The van der Waals surface area contributed by atoms with Crippen LogP contribution in [0.5, 0.6) is 0 Å². The van der Waals surface area contributed by atoms with Gasteiger partial charge in [0.2, 0.25) is 0 Å². The fraction of sp³-hybridized carbons (Fsp3) is 0.0909. The molecule has 1 aromatic carbocycles. The third kappa shape index (κ3) is 2.65. The molecule has 0 radical (unpaired) electrons. The number of halogens is 1. The highest BCUT2D eigenvalue weighted by molar-refractivity contribution is 9.10. The first-order valence-electron chi connectivity index (χ1n) is 4.92. The molecule has 0 saturated heterocycles. The van der Waals surface area contributed by atoms with Gasteiger partial charge in [0.15, 0.2) is 0 Å². The second-order valence-electron chi connectivity index (χ2n) is 3.52. The molecule has 0 spiro atoms. The number of nitrogens with zero attached hydrogens (tertiary/aromatic N) is 2. The van der Waals surface area contributed by atoms with E-state index in [0.717, 1.165) is 21.5 Å². The Bertz CT molecular complexity index is 564. The summed E-state index contributed by atoms with van der Waals surface area (Å²) in [5, 5.41) is 7.33. The molecule has 0 bridgehead atoms. The Morgan fingerprint density at radius 1 is 1.47 bits per heavy atom. The number of aromatic nitrogens is 2. The molecule has 0 aliphatic carbocycles. The molecule has 2 rings (SSSR count). The molecule has 6 heteroatoms. The fourth-order valence-electron chi connectivity index (χ4n) is 1.47. The first-order valence-corrected chi connectivity index (χ1v) is 6.12. The topological polar surface area (TPSA) is 55.9 Å². The van der Waals surface area contributed by atoms with Crippen LogP contribution in [0.1, 0.15) is 5.56 Å². The van der Waals surface area contributed by atoms with E-state index >= 15 is 0 Å². The van der Waals surface area contributed by atoms with Crippen molar-refractivity contribution in [1.82, 2.24) is 9.78 Å². The van der Waals surface area contributed by atoms with Crippen molar-refractivity contribution in [1.29, 1.82) is 0 Å². The zero-order chi connectivity index (χ0) is 12.4. The summed E-state index contributed by atoms with van der Waals surface area (Å²) in [6.07, 6.45) is 1.72. The van der Waals surface area contributed by atoms with E-state index in [1.165, 1.54) is 0 Å². The van der Waals surface area contributed by atoms with E-state index in [4.69, 9.17) is 18.0 Å². The number of rotatable bonds is 3. The van der Waals surface area contributed by atoms with Crippen molar-refractivity contribution < 1.29 is 0 Å². The van der Waals surface area contributed by atoms with Crippen LogP contribution in [0.25, 0.3) is 0 Å². The minimum absolute atomic E-state index is 0.363. The number of hydrogen-bond donors (Lipinski definition) is 2. The lowest BCUT2D eigenvalue weighted by molar-refractivity contribution is 0.776. The molecule has 0 aliphatic heterocycles. The predicted octanol–water partition coefficient (Wildman–Crippen LogP) is 2.56. The van der Waals surface area contributed by atoms with Crippen molar-refractivity contribution in [3.63, 3.8) is 0 Å². The smallest absolute Gasteiger partial charge is 0.128 e. The van der Waals surface area contributed by atoms with Gasteiger partial charge in [-0.1, -0.05) is 28.1 Å². The average molecular weight is 311 g/mol. The zero-order valence-electron chi connectivity index (χ0n) is 9.14. The van der Waals surface area contributed by atoms with Gasteiger partial charge >= 0.3 is 0 Å². The van der Waals surface area contributed by atoms with Crippen molar-refractivity contribution >= 4 is 44.6 Å². The van der Waals surface area contributed by atoms with Crippen LogP contribution in [0, 0.1) is 0 Å². The molecule has 1 heterocycles. The summed E-state index contributed by atoms with van der Waals surface area (Å²) in [5.74, 6) is 0.876. The van der Waals surface area contributed by atoms with Crippen LogP contribution in [0.3, 0.4) is 0 Å². The van der Waals surface area contributed by atoms with Gasteiger partial charge in [-0.2, -0.15) is 5.10 Å². The maximum atomic E-state index is 5.69. The van der Waals surface area contributed by atoms with Crippen LogP contribution in [-0.4, -0.2) is 14.8 Å². The number of benzene rings is 1. The summed E-state index contributed by atoms with van der Waals surface area (Å²) in [6, 6.07) is 7.60. The van der Waals surface area contributed by atoms with Crippen LogP contribution in [0.4, 0.5) is 11.5 Å². The number of nitrogens with two attached hydrogens (primary N) is 1. The van der Waals surface area contributed by atoms with Gasteiger partial charge < -0.3 is 11.1 Å². The zero-order valence-corrected chi connectivity index (χ0v) is 11.5. The number of thiocarbonyl (C=S) groups is 1. The summed E-state index contributed by atoms with van der Waals surface area (Å²) in [5.41, 5.74) is 7.35. The molecule has 0 aliphatic rings. The van der Waals surface area contributed by atoms with Gasteiger partial charge in [0.05, 0.1) is 11.9 Å². The quantitative estimate of drug-likeness (QED) is 0.856. The van der Waals surface area contributed by atoms with E-state index in [2.05, 4.69) is 26.3 Å². The highest BCUT2D eigenvalue weighted by Gasteiger charge is 2.07. The SMILES string of the molecule is Cn1nccc1Nc1cc(Br)ccc1C(N)=S. The Labute approximate surface area is 113 Å². The second-order valence-corrected chi connectivity index (χ2v) is 4.87. The molecule has 3 N–H and O–H groups in total. The maximum Gasteiger partial charge on any atom is 0.128 e. The van der Waals surface area contributed by atoms with Crippen LogP contribution >= 0.6 is 28.1 Å². The third-order valence-electron chi connectivity index (χ3n) is 2.33. The normalized spacial score (nSPS) is 10.2. The Morgan fingerprint density at radius 3 is 2.82 bits per heavy atom. The molecule has 0 fully saturated rings. The van der Waals surface area contributed by atoms with Gasteiger partial charge in [0.1, 0.15) is 10.8 Å². The molecule has 17 heavy (non-hydrogen) atoms. The number of anilines is 2. The van der Waals surface area contributed by atoms with E-state index in [0.29, 0.717) is 4.99 Å². The van der Waals surface area contributed by atoms with Crippen molar-refractivity contribution in [3.8, 4) is 0 Å². The van der Waals surface area contributed by atoms with Gasteiger partial charge in [0, 0.05) is 23.2 Å². The van der Waals surface area contributed by atoms with E-state index in [1.807, 2.05) is 31.3 Å². The minimum Gasteiger partial charge on any atom is -0.389 e. The molecule has 0 saturated carbocycles. The first kappa shape index (κ1) is 12.1. The van der Waals surface area contributed by atoms with Crippen molar-refractivity contribution in [2.75, 3.05) is 5.32 Å². The molecule has 2 aromatic rings. The summed E-state index contributed by atoms with van der Waals surface area (Å²) in [4.78, 5) is 0.363. The van der Waals surface area contributed by atoms with Crippen LogP contribution in [0.2, 0.25) is 0 Å². The van der Waals surface area contributed by atoms with Gasteiger partial charge in [-0.15, -0.1) is 0 Å². The van der Waals surface area contributed by atoms with E-state index < -0.39 is 0 Å². The van der Waals surface area contributed by atoms with E-state index in [9.17, 15) is 0 Å². The molecule has 1 aromatic heterocycles. The Balaban J connectivity index is 2.41. The number of nitrogens with one attached hydrogen (secondary N) is 1. The summed E-state index contributed by atoms with van der Waals surface area (Å²) in [6.45, 7) is 0. The molecule has 0 amide bonds. The lowest BCUT2D eigenvalue weighted by atomic mass is 10.2. The monoisotopic (exact) mass is 310 g/mol. The third-order valence-corrected chi connectivity index (χ3v) is 3.04. The molecule has 4 nitrogen and oxygen atoms in total. The summed E-state index contributed by atoms with van der Waals surface area (Å²) >= 11 is 8.44. The number of hydrogen-bond acceptors (Lipinski definition) is 3. The Kier molecular flexibility index (Phi) is 3.44. The van der Waals surface area contributed by atoms with Crippen molar-refractivity contribution in [2.24, 2.45) is 12.8 Å². The Morgan fingerprint density at radius 2 is 2.24 bits per heavy atom. The molecule has 0 unspecified atom stereocenters. The van der Waals surface area contributed by atoms with Crippen molar-refractivity contribution in [2.45, 2.75) is 0 Å². The lowest BCUT2D eigenvalue weighted by Gasteiger charge is -2.11. The number of aryl methyl sites for hydroxylation is 1. The molecule has 0 atom stereocenters. The van der Waals surface area contributed by atoms with Gasteiger partial charge in [-0.3, -0.25) is 4.68 Å².